The third kappa shape index (κ3) is 5.25. The van der Waals surface area contributed by atoms with Crippen LogP contribution in [0.3, 0.4) is 0 Å². The highest BCUT2D eigenvalue weighted by Crippen LogP contribution is 2.17. The number of carbonyl (C=O) groups is 2. The van der Waals surface area contributed by atoms with Gasteiger partial charge >= 0.3 is 5.97 Å². The van der Waals surface area contributed by atoms with Crippen LogP contribution in [-0.4, -0.2) is 61.0 Å². The van der Waals surface area contributed by atoms with Gasteiger partial charge in [0.05, 0.1) is 18.4 Å². The van der Waals surface area contributed by atoms with Gasteiger partial charge in [-0.25, -0.2) is 14.8 Å². The molecule has 8 heteroatoms. The fourth-order valence-corrected chi connectivity index (χ4v) is 2.05. The highest BCUT2D eigenvalue weighted by molar-refractivity contribution is 6.07. The molecule has 0 fully saturated rings. The average Bonchev–Trinajstić information content (AvgIpc) is 2.61. The topological polar surface area (TPSA) is 96.4 Å². The van der Waals surface area contributed by atoms with Crippen LogP contribution >= 0.6 is 0 Å². The predicted octanol–water partition coefficient (Wildman–Crippen LogP) is 1.49. The van der Waals surface area contributed by atoms with E-state index in [9.17, 15) is 9.59 Å². The highest BCUT2D eigenvalue weighted by Gasteiger charge is 2.15. The number of hydrogen-bond donors (Lipinski definition) is 2. The van der Waals surface area contributed by atoms with Crippen molar-refractivity contribution in [2.24, 2.45) is 0 Å². The number of esters is 1. The second-order valence-corrected chi connectivity index (χ2v) is 5.51. The van der Waals surface area contributed by atoms with Gasteiger partial charge in [-0.05, 0) is 26.2 Å². The predicted molar refractivity (Wildman–Crippen MR) is 94.8 cm³/mol. The Labute approximate surface area is 146 Å². The molecule has 2 aromatic rings. The SMILES string of the molecule is COC(=O)c1ccccc1NC(=O)c1cc(NCCN(C)C)ncn1. The second kappa shape index (κ2) is 8.74. The van der Waals surface area contributed by atoms with Crippen molar-refractivity contribution in [2.45, 2.75) is 0 Å². The molecule has 2 rings (SSSR count). The van der Waals surface area contributed by atoms with Gasteiger partial charge in [0.1, 0.15) is 17.8 Å². The summed E-state index contributed by atoms with van der Waals surface area (Å²) in [5, 5.41) is 5.80. The first-order valence-electron chi connectivity index (χ1n) is 7.70. The minimum Gasteiger partial charge on any atom is -0.465 e. The molecule has 1 aromatic heterocycles. The Bertz CT molecular complexity index is 749. The molecule has 1 amide bonds. The number of para-hydroxylation sites is 1. The van der Waals surface area contributed by atoms with Crippen molar-refractivity contribution in [1.82, 2.24) is 14.9 Å². The molecule has 2 N–H and O–H groups in total. The van der Waals surface area contributed by atoms with Gasteiger partial charge < -0.3 is 20.3 Å². The fraction of sp³-hybridized carbons (Fsp3) is 0.294. The summed E-state index contributed by atoms with van der Waals surface area (Å²) in [7, 11) is 5.23. The molecular weight excluding hydrogens is 322 g/mol. The number of rotatable bonds is 7. The number of ether oxygens (including phenoxy) is 1. The van der Waals surface area contributed by atoms with Crippen LogP contribution in [0.5, 0.6) is 0 Å². The first-order chi connectivity index (χ1) is 12.0. The first-order valence-corrected chi connectivity index (χ1v) is 7.70. The van der Waals surface area contributed by atoms with E-state index in [1.54, 1.807) is 30.3 Å². The molecule has 0 spiro atoms. The van der Waals surface area contributed by atoms with E-state index in [4.69, 9.17) is 4.74 Å². The van der Waals surface area contributed by atoms with Crippen LogP contribution in [0.15, 0.2) is 36.7 Å². The van der Waals surface area contributed by atoms with Gasteiger partial charge in [-0.3, -0.25) is 4.79 Å². The van der Waals surface area contributed by atoms with Crippen LogP contribution in [0.1, 0.15) is 20.8 Å². The van der Waals surface area contributed by atoms with Gasteiger partial charge in [0.25, 0.3) is 5.91 Å². The number of benzene rings is 1. The van der Waals surface area contributed by atoms with E-state index in [-0.39, 0.29) is 11.3 Å². The summed E-state index contributed by atoms with van der Waals surface area (Å²) in [6.45, 7) is 1.52. The van der Waals surface area contributed by atoms with Crippen molar-refractivity contribution in [3.63, 3.8) is 0 Å². The zero-order valence-corrected chi connectivity index (χ0v) is 14.4. The standard InChI is InChI=1S/C17H21N5O3/c1-22(2)9-8-18-15-10-14(19-11-20-15)16(23)21-13-7-5-4-6-12(13)17(24)25-3/h4-7,10-11H,8-9H2,1-3H3,(H,21,23)(H,18,19,20). The zero-order valence-electron chi connectivity index (χ0n) is 14.4. The lowest BCUT2D eigenvalue weighted by Crippen LogP contribution is -2.21. The highest BCUT2D eigenvalue weighted by atomic mass is 16.5. The van der Waals surface area contributed by atoms with Gasteiger partial charge in [0.2, 0.25) is 0 Å². The van der Waals surface area contributed by atoms with Crippen molar-refractivity contribution in [2.75, 3.05) is 44.9 Å². The number of nitrogens with one attached hydrogen (secondary N) is 2. The van der Waals surface area contributed by atoms with E-state index in [0.717, 1.165) is 6.54 Å². The smallest absolute Gasteiger partial charge is 0.339 e. The Morgan fingerprint density at radius 3 is 2.68 bits per heavy atom. The van der Waals surface area contributed by atoms with Crippen molar-refractivity contribution in [3.8, 4) is 0 Å². The fourth-order valence-electron chi connectivity index (χ4n) is 2.05. The maximum atomic E-state index is 12.4. The molecule has 0 saturated carbocycles. The number of carbonyl (C=O) groups excluding carboxylic acids is 2. The quantitative estimate of drug-likeness (QED) is 0.735. The zero-order chi connectivity index (χ0) is 18.2. The summed E-state index contributed by atoms with van der Waals surface area (Å²) in [6, 6.07) is 8.18. The maximum absolute atomic E-state index is 12.4. The molecule has 0 aliphatic carbocycles. The molecule has 0 aliphatic rings. The molecule has 132 valence electrons. The monoisotopic (exact) mass is 343 g/mol. The van der Waals surface area contributed by atoms with Gasteiger partial charge in [-0.2, -0.15) is 0 Å². The van der Waals surface area contributed by atoms with Crippen molar-refractivity contribution in [1.29, 1.82) is 0 Å². The number of anilines is 2. The molecule has 0 saturated heterocycles. The van der Waals surface area contributed by atoms with Gasteiger partial charge in [-0.1, -0.05) is 12.1 Å². The molecule has 0 unspecified atom stereocenters. The Hall–Kier alpha value is -3.00. The number of nitrogens with zero attached hydrogens (tertiary/aromatic N) is 3. The van der Waals surface area contributed by atoms with Crippen LogP contribution in [0.25, 0.3) is 0 Å². The summed E-state index contributed by atoms with van der Waals surface area (Å²) >= 11 is 0. The summed E-state index contributed by atoms with van der Waals surface area (Å²) in [5.74, 6) is -0.401. The van der Waals surface area contributed by atoms with Crippen LogP contribution in [0.4, 0.5) is 11.5 Å². The lowest BCUT2D eigenvalue weighted by atomic mass is 10.1. The number of hydrogen-bond acceptors (Lipinski definition) is 7. The summed E-state index contributed by atoms with van der Waals surface area (Å²) in [6.07, 6.45) is 1.32. The summed E-state index contributed by atoms with van der Waals surface area (Å²) < 4.78 is 4.72. The second-order valence-electron chi connectivity index (χ2n) is 5.51. The van der Waals surface area contributed by atoms with Gasteiger partial charge in [-0.15, -0.1) is 0 Å². The van der Waals surface area contributed by atoms with Gasteiger partial charge in [0, 0.05) is 19.2 Å². The molecule has 0 aliphatic heterocycles. The molecule has 1 heterocycles. The van der Waals surface area contributed by atoms with E-state index >= 15 is 0 Å². The minimum absolute atomic E-state index is 0.196. The average molecular weight is 343 g/mol. The van der Waals surface area contributed by atoms with E-state index in [0.29, 0.717) is 18.1 Å². The Kier molecular flexibility index (Phi) is 6.41. The van der Waals surface area contributed by atoms with E-state index < -0.39 is 11.9 Å². The first kappa shape index (κ1) is 18.3. The summed E-state index contributed by atoms with van der Waals surface area (Å²) in [5.41, 5.74) is 0.832. The molecule has 8 nitrogen and oxygen atoms in total. The molecule has 1 aromatic carbocycles. The Balaban J connectivity index is 2.10. The number of likely N-dealkylation sites (N-methyl/N-ethyl adjacent to an activating group) is 1. The van der Waals surface area contributed by atoms with E-state index in [2.05, 4.69) is 20.6 Å². The molecule has 0 radical (unpaired) electrons. The third-order valence-corrected chi connectivity index (χ3v) is 3.35. The van der Waals surface area contributed by atoms with E-state index in [1.165, 1.54) is 13.4 Å². The molecule has 0 atom stereocenters. The van der Waals surface area contributed by atoms with E-state index in [1.807, 2.05) is 19.0 Å². The minimum atomic E-state index is -0.523. The number of methoxy groups -OCH3 is 1. The number of amides is 1. The molecular formula is C17H21N5O3. The summed E-state index contributed by atoms with van der Waals surface area (Å²) in [4.78, 5) is 34.3. The van der Waals surface area contributed by atoms with Crippen LogP contribution < -0.4 is 10.6 Å². The van der Waals surface area contributed by atoms with Crippen molar-refractivity contribution < 1.29 is 14.3 Å². The molecule has 0 bridgehead atoms. The lowest BCUT2D eigenvalue weighted by molar-refractivity contribution is 0.0602. The normalized spacial score (nSPS) is 10.4. The van der Waals surface area contributed by atoms with Crippen molar-refractivity contribution >= 4 is 23.4 Å². The number of aromatic nitrogens is 2. The molecule has 25 heavy (non-hydrogen) atoms. The van der Waals surface area contributed by atoms with Crippen LogP contribution in [0.2, 0.25) is 0 Å². The van der Waals surface area contributed by atoms with Gasteiger partial charge in [0.15, 0.2) is 0 Å². The largest absolute Gasteiger partial charge is 0.465 e. The van der Waals surface area contributed by atoms with Crippen LogP contribution in [0, 0.1) is 0 Å². The maximum Gasteiger partial charge on any atom is 0.339 e. The Morgan fingerprint density at radius 1 is 1.20 bits per heavy atom. The lowest BCUT2D eigenvalue weighted by Gasteiger charge is -2.12. The third-order valence-electron chi connectivity index (χ3n) is 3.35. The Morgan fingerprint density at radius 2 is 1.96 bits per heavy atom. The van der Waals surface area contributed by atoms with Crippen molar-refractivity contribution in [3.05, 3.63) is 47.9 Å². The van der Waals surface area contributed by atoms with Crippen LogP contribution in [-0.2, 0) is 4.74 Å².